The van der Waals surface area contributed by atoms with Gasteiger partial charge in [0.1, 0.15) is 10.5 Å². The Morgan fingerprint density at radius 2 is 2.43 bits per heavy atom. The van der Waals surface area contributed by atoms with E-state index in [2.05, 4.69) is 20.9 Å². The van der Waals surface area contributed by atoms with Crippen molar-refractivity contribution in [3.63, 3.8) is 0 Å². The van der Waals surface area contributed by atoms with Crippen molar-refractivity contribution >= 4 is 33.4 Å². The molecular weight excluding hydrogens is 267 g/mol. The molecule has 0 spiro atoms. The molecule has 0 saturated carbocycles. The molecule has 0 aliphatic rings. The van der Waals surface area contributed by atoms with Crippen molar-refractivity contribution in [3.05, 3.63) is 28.5 Å². The summed E-state index contributed by atoms with van der Waals surface area (Å²) in [6, 6.07) is 3.74. The fourth-order valence-corrected chi connectivity index (χ4v) is 1.62. The van der Waals surface area contributed by atoms with Crippen LogP contribution >= 0.6 is 27.5 Å². The van der Waals surface area contributed by atoms with Crippen molar-refractivity contribution in [2.75, 3.05) is 12.9 Å². The number of pyridine rings is 1. The molecule has 5 heteroatoms. The standard InChI is InChI=1S/C9H10BrClN2O/c1-13(9(14)5-11)6-7-2-3-12-8(10)4-7/h2-4H,5-6H2,1H3. The summed E-state index contributed by atoms with van der Waals surface area (Å²) in [5.41, 5.74) is 1.02. The number of nitrogens with zero attached hydrogens (tertiary/aromatic N) is 2. The fraction of sp³-hybridized carbons (Fsp3) is 0.333. The Morgan fingerprint density at radius 3 is 3.00 bits per heavy atom. The number of rotatable bonds is 3. The number of aromatic nitrogens is 1. The van der Waals surface area contributed by atoms with Crippen molar-refractivity contribution in [2.45, 2.75) is 6.54 Å². The Morgan fingerprint density at radius 1 is 1.71 bits per heavy atom. The van der Waals surface area contributed by atoms with Crippen LogP contribution in [0.5, 0.6) is 0 Å². The van der Waals surface area contributed by atoms with Crippen LogP contribution in [-0.2, 0) is 11.3 Å². The minimum atomic E-state index is -0.0837. The van der Waals surface area contributed by atoms with Crippen LogP contribution in [-0.4, -0.2) is 28.7 Å². The molecule has 0 saturated heterocycles. The van der Waals surface area contributed by atoms with Crippen molar-refractivity contribution in [2.24, 2.45) is 0 Å². The summed E-state index contributed by atoms with van der Waals surface area (Å²) in [5, 5.41) is 0. The van der Waals surface area contributed by atoms with Crippen LogP contribution in [0.25, 0.3) is 0 Å². The van der Waals surface area contributed by atoms with E-state index in [-0.39, 0.29) is 11.8 Å². The molecule has 1 aromatic heterocycles. The lowest BCUT2D eigenvalue weighted by Crippen LogP contribution is -2.27. The number of halogens is 2. The van der Waals surface area contributed by atoms with Crippen LogP contribution in [0.4, 0.5) is 0 Å². The van der Waals surface area contributed by atoms with Gasteiger partial charge in [0.15, 0.2) is 0 Å². The Kier molecular flexibility index (Phi) is 4.35. The van der Waals surface area contributed by atoms with Gasteiger partial charge in [-0.05, 0) is 33.6 Å². The highest BCUT2D eigenvalue weighted by molar-refractivity contribution is 9.10. The quantitative estimate of drug-likeness (QED) is 0.626. The lowest BCUT2D eigenvalue weighted by molar-refractivity contribution is -0.127. The molecule has 0 aromatic carbocycles. The van der Waals surface area contributed by atoms with E-state index in [9.17, 15) is 4.79 Å². The van der Waals surface area contributed by atoms with E-state index in [1.807, 2.05) is 12.1 Å². The lowest BCUT2D eigenvalue weighted by Gasteiger charge is -2.15. The first-order chi connectivity index (χ1) is 6.63. The highest BCUT2D eigenvalue weighted by atomic mass is 79.9. The Balaban J connectivity index is 2.64. The zero-order chi connectivity index (χ0) is 10.6. The molecule has 0 aliphatic heterocycles. The molecule has 14 heavy (non-hydrogen) atoms. The molecule has 0 bridgehead atoms. The van der Waals surface area contributed by atoms with Gasteiger partial charge >= 0.3 is 0 Å². The number of hydrogen-bond acceptors (Lipinski definition) is 2. The van der Waals surface area contributed by atoms with E-state index in [0.29, 0.717) is 6.54 Å². The smallest absolute Gasteiger partial charge is 0.237 e. The minimum absolute atomic E-state index is 0.0166. The summed E-state index contributed by atoms with van der Waals surface area (Å²) in [4.78, 5) is 16.7. The number of hydrogen-bond donors (Lipinski definition) is 0. The van der Waals surface area contributed by atoms with E-state index in [1.165, 1.54) is 0 Å². The number of amides is 1. The molecule has 1 rings (SSSR count). The van der Waals surface area contributed by atoms with Crippen LogP contribution in [0.1, 0.15) is 5.56 Å². The van der Waals surface area contributed by atoms with Gasteiger partial charge in [-0.1, -0.05) is 0 Å². The first kappa shape index (κ1) is 11.5. The monoisotopic (exact) mass is 276 g/mol. The van der Waals surface area contributed by atoms with Gasteiger partial charge in [0.2, 0.25) is 5.91 Å². The Labute approximate surface area is 96.2 Å². The maximum Gasteiger partial charge on any atom is 0.237 e. The second-order valence-corrected chi connectivity index (χ2v) is 3.95. The van der Waals surface area contributed by atoms with E-state index >= 15 is 0 Å². The normalized spacial score (nSPS) is 9.93. The topological polar surface area (TPSA) is 33.2 Å². The lowest BCUT2D eigenvalue weighted by atomic mass is 10.2. The summed E-state index contributed by atoms with van der Waals surface area (Å²) >= 11 is 8.70. The molecule has 0 aliphatic carbocycles. The van der Waals surface area contributed by atoms with Crippen LogP contribution < -0.4 is 0 Å². The minimum Gasteiger partial charge on any atom is -0.340 e. The van der Waals surface area contributed by atoms with Crippen LogP contribution in [0.2, 0.25) is 0 Å². The molecule has 0 N–H and O–H groups in total. The molecule has 3 nitrogen and oxygen atoms in total. The maximum absolute atomic E-state index is 11.2. The zero-order valence-corrected chi connectivity index (χ0v) is 10.0. The molecule has 1 amide bonds. The summed E-state index contributed by atoms with van der Waals surface area (Å²) in [5.74, 6) is -0.0671. The van der Waals surface area contributed by atoms with Gasteiger partial charge in [-0.15, -0.1) is 11.6 Å². The fourth-order valence-electron chi connectivity index (χ4n) is 1.00. The summed E-state index contributed by atoms with van der Waals surface area (Å²) in [6.07, 6.45) is 1.69. The van der Waals surface area contributed by atoms with Crippen molar-refractivity contribution in [1.29, 1.82) is 0 Å². The molecule has 0 atom stereocenters. The average molecular weight is 278 g/mol. The number of carbonyl (C=O) groups excluding carboxylic acids is 1. The van der Waals surface area contributed by atoms with Gasteiger partial charge in [0.05, 0.1) is 0 Å². The van der Waals surface area contributed by atoms with Crippen LogP contribution in [0.3, 0.4) is 0 Å². The van der Waals surface area contributed by atoms with Crippen LogP contribution in [0, 0.1) is 0 Å². The van der Waals surface area contributed by atoms with Crippen molar-refractivity contribution in [3.8, 4) is 0 Å². The molecule has 0 fully saturated rings. The summed E-state index contributed by atoms with van der Waals surface area (Å²) in [7, 11) is 1.72. The third kappa shape index (κ3) is 3.27. The first-order valence-corrected chi connectivity index (χ1v) is 5.36. The predicted molar refractivity (Wildman–Crippen MR) is 59.1 cm³/mol. The molecule has 0 unspecified atom stereocenters. The Bertz CT molecular complexity index is 332. The van der Waals surface area contributed by atoms with Gasteiger partial charge in [-0.3, -0.25) is 4.79 Å². The van der Waals surface area contributed by atoms with E-state index in [1.54, 1.807) is 18.1 Å². The third-order valence-electron chi connectivity index (χ3n) is 1.75. The van der Waals surface area contributed by atoms with Gasteiger partial charge in [-0.25, -0.2) is 4.98 Å². The zero-order valence-electron chi connectivity index (χ0n) is 7.70. The van der Waals surface area contributed by atoms with Gasteiger partial charge < -0.3 is 4.90 Å². The second kappa shape index (κ2) is 5.32. The molecule has 76 valence electrons. The number of alkyl halides is 1. The van der Waals surface area contributed by atoms with E-state index < -0.39 is 0 Å². The highest BCUT2D eigenvalue weighted by Gasteiger charge is 2.07. The highest BCUT2D eigenvalue weighted by Crippen LogP contribution is 2.09. The van der Waals surface area contributed by atoms with Gasteiger partial charge in [0, 0.05) is 19.8 Å². The summed E-state index contributed by atoms with van der Waals surface area (Å²) < 4.78 is 0.765. The number of carbonyl (C=O) groups is 1. The summed E-state index contributed by atoms with van der Waals surface area (Å²) in [6.45, 7) is 0.548. The van der Waals surface area contributed by atoms with Crippen LogP contribution in [0.15, 0.2) is 22.9 Å². The van der Waals surface area contributed by atoms with E-state index in [0.717, 1.165) is 10.2 Å². The molecular formula is C9H10BrClN2O. The predicted octanol–water partition coefficient (Wildman–Crippen LogP) is 2.04. The maximum atomic E-state index is 11.2. The molecule has 1 heterocycles. The third-order valence-corrected chi connectivity index (χ3v) is 2.41. The Hall–Kier alpha value is -0.610. The van der Waals surface area contributed by atoms with Gasteiger partial charge in [0.25, 0.3) is 0 Å². The average Bonchev–Trinajstić information content (AvgIpc) is 2.16. The van der Waals surface area contributed by atoms with Crippen molar-refractivity contribution < 1.29 is 4.79 Å². The largest absolute Gasteiger partial charge is 0.340 e. The van der Waals surface area contributed by atoms with Gasteiger partial charge in [-0.2, -0.15) is 0 Å². The van der Waals surface area contributed by atoms with Crippen molar-refractivity contribution in [1.82, 2.24) is 9.88 Å². The van der Waals surface area contributed by atoms with E-state index in [4.69, 9.17) is 11.6 Å². The molecule has 1 aromatic rings. The molecule has 0 radical (unpaired) electrons. The SMILES string of the molecule is CN(Cc1ccnc(Br)c1)C(=O)CCl. The first-order valence-electron chi connectivity index (χ1n) is 4.04. The second-order valence-electron chi connectivity index (χ2n) is 2.87.